The average Bonchev–Trinajstić information content (AvgIpc) is 2.63. The first-order valence-electron chi connectivity index (χ1n) is 4.86. The van der Waals surface area contributed by atoms with E-state index in [1.807, 2.05) is 0 Å². The Balaban J connectivity index is 2.23. The summed E-state index contributed by atoms with van der Waals surface area (Å²) in [5.74, 6) is 1.13. The van der Waals surface area contributed by atoms with E-state index in [0.29, 0.717) is 22.1 Å². The van der Waals surface area contributed by atoms with E-state index in [-0.39, 0.29) is 5.84 Å². The quantitative estimate of drug-likeness (QED) is 0.647. The van der Waals surface area contributed by atoms with Crippen LogP contribution < -0.4 is 10.5 Å². The molecule has 0 aliphatic carbocycles. The van der Waals surface area contributed by atoms with Crippen molar-refractivity contribution in [2.24, 2.45) is 12.8 Å². The van der Waals surface area contributed by atoms with Crippen LogP contribution in [0.3, 0.4) is 0 Å². The SMILES string of the molecule is Cn1cc(Oc2ccc(C(=N)N)c(Cl)c2)cn1. The van der Waals surface area contributed by atoms with Gasteiger partial charge in [-0.2, -0.15) is 5.10 Å². The van der Waals surface area contributed by atoms with Gasteiger partial charge in [-0.25, -0.2) is 0 Å². The summed E-state index contributed by atoms with van der Waals surface area (Å²) in [6.07, 6.45) is 3.35. The molecular formula is C11H11ClN4O. The van der Waals surface area contributed by atoms with Gasteiger partial charge < -0.3 is 10.5 Å². The molecule has 0 aliphatic rings. The van der Waals surface area contributed by atoms with E-state index in [4.69, 9.17) is 27.5 Å². The number of benzene rings is 1. The van der Waals surface area contributed by atoms with Crippen LogP contribution in [0.2, 0.25) is 5.02 Å². The van der Waals surface area contributed by atoms with Crippen LogP contribution in [0.15, 0.2) is 30.6 Å². The summed E-state index contributed by atoms with van der Waals surface area (Å²) in [6.45, 7) is 0. The second kappa shape index (κ2) is 4.47. The maximum Gasteiger partial charge on any atom is 0.165 e. The molecule has 0 fully saturated rings. The van der Waals surface area contributed by atoms with Gasteiger partial charge in [-0.05, 0) is 12.1 Å². The van der Waals surface area contributed by atoms with Gasteiger partial charge in [0.25, 0.3) is 0 Å². The molecule has 17 heavy (non-hydrogen) atoms. The highest BCUT2D eigenvalue weighted by atomic mass is 35.5. The van der Waals surface area contributed by atoms with E-state index in [2.05, 4.69) is 5.10 Å². The highest BCUT2D eigenvalue weighted by Gasteiger charge is 2.06. The molecule has 1 heterocycles. The van der Waals surface area contributed by atoms with E-state index in [9.17, 15) is 0 Å². The second-order valence-corrected chi connectivity index (χ2v) is 3.91. The van der Waals surface area contributed by atoms with Gasteiger partial charge in [0.2, 0.25) is 0 Å². The van der Waals surface area contributed by atoms with Crippen LogP contribution in [0.25, 0.3) is 0 Å². The van der Waals surface area contributed by atoms with Crippen molar-refractivity contribution in [1.82, 2.24) is 9.78 Å². The fraction of sp³-hybridized carbons (Fsp3) is 0.0909. The normalized spacial score (nSPS) is 10.2. The Hall–Kier alpha value is -2.01. The molecule has 6 heteroatoms. The zero-order valence-electron chi connectivity index (χ0n) is 9.14. The van der Waals surface area contributed by atoms with Crippen molar-refractivity contribution in [3.63, 3.8) is 0 Å². The molecule has 0 radical (unpaired) electrons. The van der Waals surface area contributed by atoms with Gasteiger partial charge >= 0.3 is 0 Å². The summed E-state index contributed by atoms with van der Waals surface area (Å²) >= 11 is 5.97. The van der Waals surface area contributed by atoms with E-state index in [0.717, 1.165) is 0 Å². The fourth-order valence-corrected chi connectivity index (χ4v) is 1.64. The second-order valence-electron chi connectivity index (χ2n) is 3.51. The van der Waals surface area contributed by atoms with Crippen molar-refractivity contribution in [2.45, 2.75) is 0 Å². The largest absolute Gasteiger partial charge is 0.454 e. The number of aromatic nitrogens is 2. The number of rotatable bonds is 3. The Bertz CT molecular complexity index is 564. The first kappa shape index (κ1) is 11.5. The number of amidine groups is 1. The minimum atomic E-state index is -0.0667. The Morgan fingerprint density at radius 3 is 2.76 bits per heavy atom. The van der Waals surface area contributed by atoms with Gasteiger partial charge in [-0.15, -0.1) is 0 Å². The Morgan fingerprint density at radius 2 is 2.24 bits per heavy atom. The number of hydrogen-bond acceptors (Lipinski definition) is 3. The number of halogens is 1. The molecule has 0 saturated carbocycles. The highest BCUT2D eigenvalue weighted by molar-refractivity contribution is 6.34. The monoisotopic (exact) mass is 250 g/mol. The molecule has 0 bridgehead atoms. The molecule has 1 aromatic heterocycles. The summed E-state index contributed by atoms with van der Waals surface area (Å²) in [5, 5.41) is 11.7. The van der Waals surface area contributed by atoms with Gasteiger partial charge in [0.15, 0.2) is 5.75 Å². The molecule has 5 nitrogen and oxygen atoms in total. The zero-order valence-corrected chi connectivity index (χ0v) is 9.90. The maximum atomic E-state index is 7.31. The van der Waals surface area contributed by atoms with E-state index in [1.54, 1.807) is 42.3 Å². The molecule has 88 valence electrons. The van der Waals surface area contributed by atoms with Crippen LogP contribution in [0.5, 0.6) is 11.5 Å². The number of nitrogens with two attached hydrogens (primary N) is 1. The Morgan fingerprint density at radius 1 is 1.47 bits per heavy atom. The lowest BCUT2D eigenvalue weighted by atomic mass is 10.2. The van der Waals surface area contributed by atoms with Gasteiger partial charge in [0.05, 0.1) is 17.4 Å². The van der Waals surface area contributed by atoms with Crippen molar-refractivity contribution in [3.05, 3.63) is 41.2 Å². The lowest BCUT2D eigenvalue weighted by molar-refractivity contribution is 0.482. The van der Waals surface area contributed by atoms with Gasteiger partial charge in [0, 0.05) is 18.7 Å². The molecule has 1 aromatic carbocycles. The van der Waals surface area contributed by atoms with Crippen LogP contribution in [0, 0.1) is 5.41 Å². The standard InChI is InChI=1S/C11H11ClN4O/c1-16-6-8(5-15-16)17-7-2-3-9(11(13)14)10(12)4-7/h2-6H,1H3,(H3,13,14). The van der Waals surface area contributed by atoms with Crippen LogP contribution in [-0.2, 0) is 7.05 Å². The zero-order chi connectivity index (χ0) is 12.4. The van der Waals surface area contributed by atoms with Crippen molar-refractivity contribution in [1.29, 1.82) is 5.41 Å². The lowest BCUT2D eigenvalue weighted by Gasteiger charge is -2.06. The smallest absolute Gasteiger partial charge is 0.165 e. The number of ether oxygens (including phenoxy) is 1. The van der Waals surface area contributed by atoms with Crippen molar-refractivity contribution >= 4 is 17.4 Å². The van der Waals surface area contributed by atoms with Crippen LogP contribution >= 0.6 is 11.6 Å². The summed E-state index contributed by atoms with van der Waals surface area (Å²) in [4.78, 5) is 0. The minimum absolute atomic E-state index is 0.0667. The number of hydrogen-bond donors (Lipinski definition) is 2. The third-order valence-corrected chi connectivity index (χ3v) is 2.46. The maximum absolute atomic E-state index is 7.31. The predicted molar refractivity (Wildman–Crippen MR) is 65.8 cm³/mol. The lowest BCUT2D eigenvalue weighted by Crippen LogP contribution is -2.11. The topological polar surface area (TPSA) is 76.9 Å². The fourth-order valence-electron chi connectivity index (χ4n) is 1.37. The predicted octanol–water partition coefficient (Wildman–Crippen LogP) is 2.15. The molecule has 0 amide bonds. The van der Waals surface area contributed by atoms with Crippen LogP contribution in [0.4, 0.5) is 0 Å². The van der Waals surface area contributed by atoms with Crippen molar-refractivity contribution in [2.75, 3.05) is 0 Å². The third-order valence-electron chi connectivity index (χ3n) is 2.15. The Kier molecular flexibility index (Phi) is 3.01. The number of nitrogens with zero attached hydrogens (tertiary/aromatic N) is 2. The van der Waals surface area contributed by atoms with Gasteiger partial charge in [-0.3, -0.25) is 10.1 Å². The highest BCUT2D eigenvalue weighted by Crippen LogP contribution is 2.26. The molecule has 2 aromatic rings. The molecule has 0 aliphatic heterocycles. The van der Waals surface area contributed by atoms with Crippen LogP contribution in [-0.4, -0.2) is 15.6 Å². The summed E-state index contributed by atoms with van der Waals surface area (Å²) < 4.78 is 7.18. The summed E-state index contributed by atoms with van der Waals surface area (Å²) in [5.41, 5.74) is 5.86. The average molecular weight is 251 g/mol. The summed E-state index contributed by atoms with van der Waals surface area (Å²) in [6, 6.07) is 4.97. The van der Waals surface area contributed by atoms with Crippen LogP contribution in [0.1, 0.15) is 5.56 Å². The van der Waals surface area contributed by atoms with Crippen molar-refractivity contribution < 1.29 is 4.74 Å². The molecule has 3 N–H and O–H groups in total. The third kappa shape index (κ3) is 2.57. The van der Waals surface area contributed by atoms with Gasteiger partial charge in [-0.1, -0.05) is 11.6 Å². The van der Waals surface area contributed by atoms with E-state index in [1.165, 1.54) is 0 Å². The molecule has 2 rings (SSSR count). The molecule has 0 saturated heterocycles. The number of aryl methyl sites for hydroxylation is 1. The number of nitrogen functional groups attached to an aromatic ring is 1. The van der Waals surface area contributed by atoms with Gasteiger partial charge in [0.1, 0.15) is 11.6 Å². The molecule has 0 atom stereocenters. The minimum Gasteiger partial charge on any atom is -0.454 e. The Labute approximate surface area is 103 Å². The summed E-state index contributed by atoms with van der Waals surface area (Å²) in [7, 11) is 1.80. The van der Waals surface area contributed by atoms with E-state index < -0.39 is 0 Å². The molecular weight excluding hydrogens is 240 g/mol. The van der Waals surface area contributed by atoms with Crippen molar-refractivity contribution in [3.8, 4) is 11.5 Å². The molecule has 0 unspecified atom stereocenters. The first-order chi connectivity index (χ1) is 8.06. The number of nitrogens with one attached hydrogen (secondary N) is 1. The van der Waals surface area contributed by atoms with E-state index >= 15 is 0 Å². The molecule has 0 spiro atoms. The first-order valence-corrected chi connectivity index (χ1v) is 5.24.